The Bertz CT molecular complexity index is 1290. The maximum absolute atomic E-state index is 12.6. The normalized spacial score (nSPS) is 18.2. The van der Waals surface area contributed by atoms with Gasteiger partial charge in [-0.15, -0.1) is 11.3 Å². The van der Waals surface area contributed by atoms with Crippen LogP contribution in [0, 0.1) is 0 Å². The number of hydrogen-bond acceptors (Lipinski definition) is 7. The molecule has 1 saturated carbocycles. The van der Waals surface area contributed by atoms with Crippen LogP contribution in [-0.4, -0.2) is 34.7 Å². The van der Waals surface area contributed by atoms with Crippen LogP contribution in [0.1, 0.15) is 42.0 Å². The number of rotatable bonds is 6. The largest absolute Gasteiger partial charge is 0.497 e. The lowest BCUT2D eigenvalue weighted by atomic mass is 10.1. The van der Waals surface area contributed by atoms with Gasteiger partial charge in [-0.2, -0.15) is 4.98 Å². The van der Waals surface area contributed by atoms with Crippen molar-refractivity contribution in [2.75, 3.05) is 18.6 Å². The highest BCUT2D eigenvalue weighted by molar-refractivity contribution is 7.10. The van der Waals surface area contributed by atoms with E-state index >= 15 is 0 Å². The molecule has 2 aliphatic rings. The SMILES string of the molecule is COc1ccc(N2CC(c3nc(-c4ccc(-c5csc(C6CC6)n5)cc4)no3)CC2=O)cc1. The fourth-order valence-electron chi connectivity index (χ4n) is 4.13. The van der Waals surface area contributed by atoms with Gasteiger partial charge in [0, 0.05) is 41.1 Å². The van der Waals surface area contributed by atoms with Crippen molar-refractivity contribution in [2.24, 2.45) is 0 Å². The van der Waals surface area contributed by atoms with E-state index in [0.29, 0.717) is 30.6 Å². The summed E-state index contributed by atoms with van der Waals surface area (Å²) in [4.78, 5) is 23.7. The summed E-state index contributed by atoms with van der Waals surface area (Å²) >= 11 is 1.74. The summed E-state index contributed by atoms with van der Waals surface area (Å²) in [5, 5.41) is 7.54. The molecule has 8 heteroatoms. The van der Waals surface area contributed by atoms with Gasteiger partial charge in [0.25, 0.3) is 0 Å². The lowest BCUT2D eigenvalue weighted by molar-refractivity contribution is -0.117. The molecule has 4 aromatic rings. The van der Waals surface area contributed by atoms with Gasteiger partial charge in [0.1, 0.15) is 5.75 Å². The van der Waals surface area contributed by atoms with E-state index in [9.17, 15) is 4.79 Å². The van der Waals surface area contributed by atoms with E-state index in [0.717, 1.165) is 28.3 Å². The minimum absolute atomic E-state index is 0.0445. The van der Waals surface area contributed by atoms with Crippen molar-refractivity contribution in [1.29, 1.82) is 0 Å². The number of anilines is 1. The third-order valence-corrected chi connectivity index (χ3v) is 7.19. The van der Waals surface area contributed by atoms with Gasteiger partial charge in [0.05, 0.1) is 23.7 Å². The predicted molar refractivity (Wildman–Crippen MR) is 126 cm³/mol. The van der Waals surface area contributed by atoms with Crippen LogP contribution in [0.3, 0.4) is 0 Å². The van der Waals surface area contributed by atoms with Crippen LogP contribution < -0.4 is 9.64 Å². The third-order valence-electron chi connectivity index (χ3n) is 6.19. The molecule has 2 aromatic carbocycles. The highest BCUT2D eigenvalue weighted by atomic mass is 32.1. The number of carbonyl (C=O) groups is 1. The van der Waals surface area contributed by atoms with Gasteiger partial charge in [-0.05, 0) is 37.1 Å². The molecule has 0 bridgehead atoms. The average molecular weight is 459 g/mol. The first-order chi connectivity index (χ1) is 16.2. The van der Waals surface area contributed by atoms with Crippen LogP contribution in [0.25, 0.3) is 22.6 Å². The van der Waals surface area contributed by atoms with Gasteiger partial charge >= 0.3 is 0 Å². The van der Waals surface area contributed by atoms with Crippen molar-refractivity contribution in [3.63, 3.8) is 0 Å². The predicted octanol–water partition coefficient (Wildman–Crippen LogP) is 5.27. The summed E-state index contributed by atoms with van der Waals surface area (Å²) in [7, 11) is 1.62. The van der Waals surface area contributed by atoms with E-state index in [2.05, 4.69) is 15.5 Å². The Balaban J connectivity index is 1.16. The topological polar surface area (TPSA) is 81.3 Å². The Morgan fingerprint density at radius 2 is 1.76 bits per heavy atom. The lowest BCUT2D eigenvalue weighted by Crippen LogP contribution is -2.24. The monoisotopic (exact) mass is 458 g/mol. The Morgan fingerprint density at radius 1 is 1.00 bits per heavy atom. The molecule has 1 atom stereocenters. The molecule has 0 N–H and O–H groups in total. The van der Waals surface area contributed by atoms with Crippen LogP contribution >= 0.6 is 11.3 Å². The number of amides is 1. The maximum Gasteiger partial charge on any atom is 0.232 e. The highest BCUT2D eigenvalue weighted by Gasteiger charge is 2.35. The molecule has 2 fully saturated rings. The van der Waals surface area contributed by atoms with Crippen LogP contribution in [-0.2, 0) is 4.79 Å². The van der Waals surface area contributed by atoms with Crippen LogP contribution in [0.2, 0.25) is 0 Å². The van der Waals surface area contributed by atoms with Crippen molar-refractivity contribution in [3.8, 4) is 28.4 Å². The zero-order chi connectivity index (χ0) is 22.4. The van der Waals surface area contributed by atoms with E-state index in [1.54, 1.807) is 23.3 Å². The third kappa shape index (κ3) is 3.91. The first-order valence-corrected chi connectivity index (χ1v) is 11.9. The van der Waals surface area contributed by atoms with Gasteiger partial charge in [-0.1, -0.05) is 29.4 Å². The molecule has 166 valence electrons. The molecule has 1 aliphatic carbocycles. The lowest BCUT2D eigenvalue weighted by Gasteiger charge is -2.16. The minimum Gasteiger partial charge on any atom is -0.497 e. The van der Waals surface area contributed by atoms with Gasteiger partial charge in [-0.3, -0.25) is 4.79 Å². The molecule has 3 heterocycles. The number of carbonyl (C=O) groups excluding carboxylic acids is 1. The van der Waals surface area contributed by atoms with Crippen molar-refractivity contribution < 1.29 is 14.1 Å². The van der Waals surface area contributed by atoms with E-state index in [4.69, 9.17) is 14.2 Å². The number of ether oxygens (including phenoxy) is 1. The quantitative estimate of drug-likeness (QED) is 0.392. The summed E-state index contributed by atoms with van der Waals surface area (Å²) < 4.78 is 10.8. The molecule has 0 radical (unpaired) electrons. The Kier molecular flexibility index (Phi) is 4.95. The number of hydrogen-bond donors (Lipinski definition) is 0. The molecule has 33 heavy (non-hydrogen) atoms. The fraction of sp³-hybridized carbons (Fsp3) is 0.280. The molecule has 6 rings (SSSR count). The Hall–Kier alpha value is -3.52. The zero-order valence-corrected chi connectivity index (χ0v) is 18.9. The smallest absolute Gasteiger partial charge is 0.232 e. The molecular formula is C25H22N4O3S. The summed E-state index contributed by atoms with van der Waals surface area (Å²) in [6.07, 6.45) is 2.87. The van der Waals surface area contributed by atoms with Crippen molar-refractivity contribution in [3.05, 3.63) is 64.8 Å². The molecule has 2 aromatic heterocycles. The average Bonchev–Trinajstić information content (AvgIpc) is 3.24. The van der Waals surface area contributed by atoms with Gasteiger partial charge in [0.2, 0.25) is 17.6 Å². The Labute approximate surface area is 195 Å². The van der Waals surface area contributed by atoms with E-state index < -0.39 is 0 Å². The second-order valence-electron chi connectivity index (χ2n) is 8.48. The van der Waals surface area contributed by atoms with Crippen molar-refractivity contribution in [1.82, 2.24) is 15.1 Å². The van der Waals surface area contributed by atoms with Gasteiger partial charge in [0.15, 0.2) is 0 Å². The summed E-state index contributed by atoms with van der Waals surface area (Å²) in [5.74, 6) is 2.37. The molecule has 1 unspecified atom stereocenters. The second kappa shape index (κ2) is 8.12. The van der Waals surface area contributed by atoms with Crippen molar-refractivity contribution in [2.45, 2.75) is 31.1 Å². The zero-order valence-electron chi connectivity index (χ0n) is 18.1. The van der Waals surface area contributed by atoms with Crippen LogP contribution in [0.15, 0.2) is 58.4 Å². The van der Waals surface area contributed by atoms with E-state index in [1.165, 1.54) is 17.8 Å². The maximum atomic E-state index is 12.6. The number of nitrogens with zero attached hydrogens (tertiary/aromatic N) is 4. The van der Waals surface area contributed by atoms with Gasteiger partial charge in [-0.25, -0.2) is 4.98 Å². The number of methoxy groups -OCH3 is 1. The number of thiazole rings is 1. The van der Waals surface area contributed by atoms with Gasteiger partial charge < -0.3 is 14.2 Å². The molecule has 0 spiro atoms. The van der Waals surface area contributed by atoms with Crippen LogP contribution in [0.4, 0.5) is 5.69 Å². The number of aromatic nitrogens is 3. The molecular weight excluding hydrogens is 436 g/mol. The first-order valence-electron chi connectivity index (χ1n) is 11.0. The molecule has 1 saturated heterocycles. The van der Waals surface area contributed by atoms with Crippen LogP contribution in [0.5, 0.6) is 5.75 Å². The standard InChI is InChI=1S/C25H22N4O3S/c1-31-20-10-8-19(9-11-20)29-13-18(12-22(29)30)24-27-23(28-32-24)16-4-2-15(3-5-16)21-14-33-25(26-21)17-6-7-17/h2-5,8-11,14,17-18H,6-7,12-13H2,1H3. The molecule has 1 aliphatic heterocycles. The fourth-order valence-corrected chi connectivity index (χ4v) is 5.13. The summed E-state index contributed by atoms with van der Waals surface area (Å²) in [5.41, 5.74) is 3.82. The highest BCUT2D eigenvalue weighted by Crippen LogP contribution is 2.42. The van der Waals surface area contributed by atoms with E-state index in [1.807, 2.05) is 48.5 Å². The van der Waals surface area contributed by atoms with Crippen molar-refractivity contribution >= 4 is 22.9 Å². The van der Waals surface area contributed by atoms with E-state index in [-0.39, 0.29) is 11.8 Å². The molecule has 1 amide bonds. The summed E-state index contributed by atoms with van der Waals surface area (Å²) in [6, 6.07) is 15.5. The number of benzene rings is 2. The first kappa shape index (κ1) is 20.1. The molecule has 7 nitrogen and oxygen atoms in total. The Morgan fingerprint density at radius 3 is 2.48 bits per heavy atom. The summed E-state index contributed by atoms with van der Waals surface area (Å²) in [6.45, 7) is 0.513. The minimum atomic E-state index is -0.129. The second-order valence-corrected chi connectivity index (χ2v) is 9.37.